The Kier molecular flexibility index (Phi) is 4.75. The van der Waals surface area contributed by atoms with Crippen LogP contribution in [0.15, 0.2) is 24.3 Å². The van der Waals surface area contributed by atoms with Crippen LogP contribution in [0.3, 0.4) is 0 Å². The van der Waals surface area contributed by atoms with Crippen LogP contribution in [0, 0.1) is 6.92 Å². The van der Waals surface area contributed by atoms with Crippen molar-refractivity contribution < 1.29 is 9.53 Å². The van der Waals surface area contributed by atoms with Crippen LogP contribution in [-0.4, -0.2) is 55.2 Å². The summed E-state index contributed by atoms with van der Waals surface area (Å²) in [5.41, 5.74) is 2.70. The van der Waals surface area contributed by atoms with Crippen LogP contribution in [0.2, 0.25) is 0 Å². The maximum atomic E-state index is 12.4. The number of para-hydroxylation sites is 1. The number of hydrogen-bond donors (Lipinski definition) is 2. The number of carbonyl (C=O) groups is 1. The van der Waals surface area contributed by atoms with Crippen molar-refractivity contribution in [3.8, 4) is 0 Å². The minimum Gasteiger partial charge on any atom is -0.379 e. The Hall–Kier alpha value is -1.85. The van der Waals surface area contributed by atoms with Gasteiger partial charge in [-0.1, -0.05) is 18.2 Å². The SMILES string of the molecule is Cc1[nH]c2ccccc2c1C(=O)NCCCN1CCOCC1. The number of hydrogen-bond acceptors (Lipinski definition) is 3. The van der Waals surface area contributed by atoms with Gasteiger partial charge in [-0.25, -0.2) is 0 Å². The number of fused-ring (bicyclic) bond motifs is 1. The van der Waals surface area contributed by atoms with Gasteiger partial charge in [0, 0.05) is 36.2 Å². The van der Waals surface area contributed by atoms with Crippen LogP contribution in [0.5, 0.6) is 0 Å². The van der Waals surface area contributed by atoms with Crippen molar-refractivity contribution >= 4 is 16.8 Å². The lowest BCUT2D eigenvalue weighted by molar-refractivity contribution is 0.0374. The number of ether oxygens (including phenoxy) is 1. The molecule has 0 spiro atoms. The molecule has 0 bridgehead atoms. The molecule has 1 aromatic carbocycles. The molecule has 2 N–H and O–H groups in total. The summed E-state index contributed by atoms with van der Waals surface area (Å²) in [6.45, 7) is 7.29. The standard InChI is InChI=1S/C17H23N3O2/c1-13-16(14-5-2-3-6-15(14)19-13)17(21)18-7-4-8-20-9-11-22-12-10-20/h2-3,5-6,19H,4,7-12H2,1H3,(H,18,21). The number of nitrogens with one attached hydrogen (secondary N) is 2. The topological polar surface area (TPSA) is 57.4 Å². The third-order valence-electron chi connectivity index (χ3n) is 4.16. The minimum absolute atomic E-state index is 0.0110. The van der Waals surface area contributed by atoms with Gasteiger partial charge < -0.3 is 15.0 Å². The van der Waals surface area contributed by atoms with E-state index in [9.17, 15) is 4.79 Å². The molecule has 5 heteroatoms. The monoisotopic (exact) mass is 301 g/mol. The molecule has 0 saturated carbocycles. The molecule has 22 heavy (non-hydrogen) atoms. The van der Waals surface area contributed by atoms with Gasteiger partial charge in [-0.15, -0.1) is 0 Å². The maximum Gasteiger partial charge on any atom is 0.253 e. The second kappa shape index (κ2) is 6.94. The fraction of sp³-hybridized carbons (Fsp3) is 0.471. The fourth-order valence-corrected chi connectivity index (χ4v) is 2.99. The lowest BCUT2D eigenvalue weighted by atomic mass is 10.1. The van der Waals surface area contributed by atoms with Crippen molar-refractivity contribution in [2.75, 3.05) is 39.4 Å². The first-order valence-electron chi connectivity index (χ1n) is 7.91. The lowest BCUT2D eigenvalue weighted by Gasteiger charge is -2.26. The van der Waals surface area contributed by atoms with E-state index in [0.29, 0.717) is 6.54 Å². The molecule has 2 aromatic rings. The number of benzene rings is 1. The van der Waals surface area contributed by atoms with E-state index in [1.165, 1.54) is 0 Å². The summed E-state index contributed by atoms with van der Waals surface area (Å²) in [4.78, 5) is 18.1. The summed E-state index contributed by atoms with van der Waals surface area (Å²) in [6, 6.07) is 7.92. The molecule has 0 radical (unpaired) electrons. The molecule has 1 fully saturated rings. The third-order valence-corrected chi connectivity index (χ3v) is 4.16. The van der Waals surface area contributed by atoms with Gasteiger partial charge in [-0.3, -0.25) is 9.69 Å². The summed E-state index contributed by atoms with van der Waals surface area (Å²) in [5, 5.41) is 4.03. The quantitative estimate of drug-likeness (QED) is 0.830. The normalized spacial score (nSPS) is 16.0. The number of H-pyrrole nitrogens is 1. The van der Waals surface area contributed by atoms with Gasteiger partial charge in [0.1, 0.15) is 0 Å². The second-order valence-corrected chi connectivity index (χ2v) is 5.73. The average molecular weight is 301 g/mol. The van der Waals surface area contributed by atoms with Crippen molar-refractivity contribution in [2.24, 2.45) is 0 Å². The van der Waals surface area contributed by atoms with Crippen LogP contribution in [0.25, 0.3) is 10.9 Å². The molecule has 1 amide bonds. The highest BCUT2D eigenvalue weighted by atomic mass is 16.5. The molecule has 3 rings (SSSR count). The number of aromatic amines is 1. The molecule has 1 saturated heterocycles. The summed E-state index contributed by atoms with van der Waals surface area (Å²) < 4.78 is 5.33. The Balaban J connectivity index is 1.54. The number of carbonyl (C=O) groups excluding carboxylic acids is 1. The van der Waals surface area contributed by atoms with Crippen molar-refractivity contribution in [3.05, 3.63) is 35.5 Å². The van der Waals surface area contributed by atoms with Crippen LogP contribution in [-0.2, 0) is 4.74 Å². The number of aromatic nitrogens is 1. The smallest absolute Gasteiger partial charge is 0.253 e. The number of amides is 1. The molecule has 5 nitrogen and oxygen atoms in total. The van der Waals surface area contributed by atoms with Gasteiger partial charge in [-0.05, 0) is 26.0 Å². The van der Waals surface area contributed by atoms with Crippen molar-refractivity contribution in [3.63, 3.8) is 0 Å². The first-order chi connectivity index (χ1) is 10.8. The fourth-order valence-electron chi connectivity index (χ4n) is 2.99. The van der Waals surface area contributed by atoms with Gasteiger partial charge in [0.25, 0.3) is 5.91 Å². The van der Waals surface area contributed by atoms with E-state index in [0.717, 1.165) is 61.4 Å². The van der Waals surface area contributed by atoms with Crippen LogP contribution < -0.4 is 5.32 Å². The molecule has 2 heterocycles. The summed E-state index contributed by atoms with van der Waals surface area (Å²) >= 11 is 0. The first-order valence-corrected chi connectivity index (χ1v) is 7.91. The molecule has 0 unspecified atom stereocenters. The van der Waals surface area contributed by atoms with Crippen molar-refractivity contribution in [1.82, 2.24) is 15.2 Å². The number of nitrogens with zero attached hydrogens (tertiary/aromatic N) is 1. The average Bonchev–Trinajstić information content (AvgIpc) is 2.88. The zero-order chi connectivity index (χ0) is 15.4. The zero-order valence-corrected chi connectivity index (χ0v) is 13.0. The largest absolute Gasteiger partial charge is 0.379 e. The van der Waals surface area contributed by atoms with Crippen LogP contribution >= 0.6 is 0 Å². The molecule has 118 valence electrons. The van der Waals surface area contributed by atoms with Crippen LogP contribution in [0.1, 0.15) is 22.5 Å². The molecule has 0 atom stereocenters. The lowest BCUT2D eigenvalue weighted by Crippen LogP contribution is -2.38. The Bertz CT molecular complexity index is 644. The Morgan fingerprint density at radius 2 is 2.09 bits per heavy atom. The number of aryl methyl sites for hydroxylation is 1. The van der Waals surface area contributed by atoms with E-state index >= 15 is 0 Å². The Morgan fingerprint density at radius 3 is 2.91 bits per heavy atom. The number of morpholine rings is 1. The minimum atomic E-state index is 0.0110. The van der Waals surface area contributed by atoms with E-state index in [4.69, 9.17) is 4.74 Å². The van der Waals surface area contributed by atoms with Gasteiger partial charge in [0.15, 0.2) is 0 Å². The van der Waals surface area contributed by atoms with Crippen molar-refractivity contribution in [2.45, 2.75) is 13.3 Å². The Labute approximate surface area is 130 Å². The predicted molar refractivity (Wildman–Crippen MR) is 87.2 cm³/mol. The highest BCUT2D eigenvalue weighted by molar-refractivity contribution is 6.08. The summed E-state index contributed by atoms with van der Waals surface area (Å²) in [6.07, 6.45) is 0.965. The first kappa shape index (κ1) is 15.1. The van der Waals surface area contributed by atoms with E-state index in [2.05, 4.69) is 15.2 Å². The van der Waals surface area contributed by atoms with Crippen LogP contribution in [0.4, 0.5) is 0 Å². The van der Waals surface area contributed by atoms with E-state index in [1.807, 2.05) is 31.2 Å². The van der Waals surface area contributed by atoms with E-state index in [1.54, 1.807) is 0 Å². The molecule has 0 aliphatic carbocycles. The van der Waals surface area contributed by atoms with Gasteiger partial charge in [0.2, 0.25) is 0 Å². The number of rotatable bonds is 5. The third kappa shape index (κ3) is 3.31. The highest BCUT2D eigenvalue weighted by Crippen LogP contribution is 2.21. The summed E-state index contributed by atoms with van der Waals surface area (Å²) in [5.74, 6) is 0.0110. The summed E-state index contributed by atoms with van der Waals surface area (Å²) in [7, 11) is 0. The van der Waals surface area contributed by atoms with Gasteiger partial charge in [-0.2, -0.15) is 0 Å². The molecule has 1 aromatic heterocycles. The molecular weight excluding hydrogens is 278 g/mol. The van der Waals surface area contributed by atoms with Gasteiger partial charge >= 0.3 is 0 Å². The Morgan fingerprint density at radius 1 is 1.32 bits per heavy atom. The molecular formula is C17H23N3O2. The van der Waals surface area contributed by atoms with Gasteiger partial charge in [0.05, 0.1) is 18.8 Å². The second-order valence-electron chi connectivity index (χ2n) is 5.73. The highest BCUT2D eigenvalue weighted by Gasteiger charge is 2.15. The maximum absolute atomic E-state index is 12.4. The molecule has 1 aliphatic heterocycles. The van der Waals surface area contributed by atoms with E-state index < -0.39 is 0 Å². The van der Waals surface area contributed by atoms with E-state index in [-0.39, 0.29) is 5.91 Å². The zero-order valence-electron chi connectivity index (χ0n) is 13.0. The predicted octanol–water partition coefficient (Wildman–Crippen LogP) is 1.93. The van der Waals surface area contributed by atoms with Crippen molar-refractivity contribution in [1.29, 1.82) is 0 Å². The molecule has 1 aliphatic rings.